The van der Waals surface area contributed by atoms with Gasteiger partial charge in [0.05, 0.1) is 10.4 Å². The molecule has 1 heterocycles. The molecule has 0 bridgehead atoms. The summed E-state index contributed by atoms with van der Waals surface area (Å²) in [6.07, 6.45) is 0. The van der Waals surface area contributed by atoms with E-state index in [1.165, 1.54) is 26.2 Å². The van der Waals surface area contributed by atoms with Gasteiger partial charge in [0.1, 0.15) is 0 Å². The third-order valence-electron chi connectivity index (χ3n) is 4.26. The Hall–Kier alpha value is -3.24. The Morgan fingerprint density at radius 2 is 1.90 bits per heavy atom. The van der Waals surface area contributed by atoms with E-state index in [9.17, 15) is 18.0 Å². The molecule has 2 aromatic carbocycles. The summed E-state index contributed by atoms with van der Waals surface area (Å²) in [4.78, 5) is 24.5. The Morgan fingerprint density at radius 3 is 2.62 bits per heavy atom. The number of para-hydroxylation sites is 1. The van der Waals surface area contributed by atoms with Crippen molar-refractivity contribution >= 4 is 38.5 Å². The lowest BCUT2D eigenvalue weighted by atomic mass is 10.2. The SMILES string of the molecule is Cc1ccc(S(=O)(=O)N(C)C)cc1NC(=O)COC(=O)c1n[nH]c2ccccc12. The van der Waals surface area contributed by atoms with Crippen LogP contribution < -0.4 is 5.32 Å². The normalized spacial score (nSPS) is 11.6. The Balaban J connectivity index is 1.69. The van der Waals surface area contributed by atoms with Crippen LogP contribution in [0.1, 0.15) is 16.1 Å². The third-order valence-corrected chi connectivity index (χ3v) is 6.07. The number of amides is 1. The van der Waals surface area contributed by atoms with Gasteiger partial charge < -0.3 is 10.1 Å². The highest BCUT2D eigenvalue weighted by Crippen LogP contribution is 2.22. The van der Waals surface area contributed by atoms with Gasteiger partial charge in [-0.2, -0.15) is 5.10 Å². The zero-order valence-corrected chi connectivity index (χ0v) is 16.9. The molecule has 10 heteroatoms. The number of nitrogens with one attached hydrogen (secondary N) is 2. The van der Waals surface area contributed by atoms with E-state index in [0.717, 1.165) is 4.31 Å². The van der Waals surface area contributed by atoms with Crippen LogP contribution in [0.3, 0.4) is 0 Å². The van der Waals surface area contributed by atoms with Crippen LogP contribution >= 0.6 is 0 Å². The van der Waals surface area contributed by atoms with E-state index in [4.69, 9.17) is 4.74 Å². The van der Waals surface area contributed by atoms with Crippen molar-refractivity contribution < 1.29 is 22.7 Å². The number of anilines is 1. The number of H-pyrrole nitrogens is 1. The lowest BCUT2D eigenvalue weighted by molar-refractivity contribution is -0.119. The molecule has 0 saturated heterocycles. The van der Waals surface area contributed by atoms with Crippen molar-refractivity contribution in [2.75, 3.05) is 26.0 Å². The average Bonchev–Trinajstić information content (AvgIpc) is 3.12. The van der Waals surface area contributed by atoms with Crippen molar-refractivity contribution in [2.24, 2.45) is 0 Å². The van der Waals surface area contributed by atoms with Gasteiger partial charge >= 0.3 is 5.97 Å². The molecular formula is C19H20N4O5S. The molecule has 152 valence electrons. The minimum Gasteiger partial charge on any atom is -0.451 e. The first-order valence-electron chi connectivity index (χ1n) is 8.63. The highest BCUT2D eigenvalue weighted by atomic mass is 32.2. The molecule has 0 atom stereocenters. The number of aromatic amines is 1. The zero-order chi connectivity index (χ0) is 21.2. The van der Waals surface area contributed by atoms with Crippen LogP contribution in [-0.4, -0.2) is 55.5 Å². The molecule has 0 spiro atoms. The molecule has 3 rings (SSSR count). The summed E-state index contributed by atoms with van der Waals surface area (Å²) in [6.45, 7) is 1.19. The maximum Gasteiger partial charge on any atom is 0.359 e. The molecule has 0 radical (unpaired) electrons. The maximum absolute atomic E-state index is 12.3. The van der Waals surface area contributed by atoms with Gasteiger partial charge in [0.2, 0.25) is 10.0 Å². The summed E-state index contributed by atoms with van der Waals surface area (Å²) < 4.78 is 30.7. The summed E-state index contributed by atoms with van der Waals surface area (Å²) in [5.41, 5.74) is 1.75. The van der Waals surface area contributed by atoms with Crippen LogP contribution in [0.5, 0.6) is 0 Å². The number of carbonyl (C=O) groups excluding carboxylic acids is 2. The Kier molecular flexibility index (Phi) is 5.66. The largest absolute Gasteiger partial charge is 0.451 e. The first-order valence-corrected chi connectivity index (χ1v) is 10.1. The maximum atomic E-state index is 12.3. The van der Waals surface area contributed by atoms with Gasteiger partial charge in [0, 0.05) is 25.2 Å². The number of sulfonamides is 1. The van der Waals surface area contributed by atoms with Gasteiger partial charge in [-0.25, -0.2) is 17.5 Å². The van der Waals surface area contributed by atoms with E-state index in [1.54, 1.807) is 37.3 Å². The monoisotopic (exact) mass is 416 g/mol. The second-order valence-electron chi connectivity index (χ2n) is 6.51. The summed E-state index contributed by atoms with van der Waals surface area (Å²) in [5, 5.41) is 9.81. The molecule has 0 aliphatic carbocycles. The zero-order valence-electron chi connectivity index (χ0n) is 16.1. The molecule has 9 nitrogen and oxygen atoms in total. The molecule has 0 fully saturated rings. The number of aromatic nitrogens is 2. The van der Waals surface area contributed by atoms with Crippen LogP contribution in [-0.2, 0) is 19.6 Å². The molecule has 2 N–H and O–H groups in total. The molecule has 0 saturated carbocycles. The lowest BCUT2D eigenvalue weighted by Gasteiger charge is -2.14. The minimum absolute atomic E-state index is 0.0448. The van der Waals surface area contributed by atoms with Gasteiger partial charge in [0.25, 0.3) is 5.91 Å². The van der Waals surface area contributed by atoms with E-state index in [1.807, 2.05) is 0 Å². The van der Waals surface area contributed by atoms with Crippen molar-refractivity contribution in [3.63, 3.8) is 0 Å². The number of nitrogens with zero attached hydrogens (tertiary/aromatic N) is 2. The number of ether oxygens (including phenoxy) is 1. The van der Waals surface area contributed by atoms with Gasteiger partial charge in [0.15, 0.2) is 12.3 Å². The minimum atomic E-state index is -3.64. The smallest absolute Gasteiger partial charge is 0.359 e. The summed E-state index contributed by atoms with van der Waals surface area (Å²) in [5.74, 6) is -1.33. The Labute approximate surface area is 167 Å². The van der Waals surface area contributed by atoms with E-state index < -0.39 is 28.5 Å². The second kappa shape index (κ2) is 8.02. The summed E-state index contributed by atoms with van der Waals surface area (Å²) in [7, 11) is -0.799. The van der Waals surface area contributed by atoms with E-state index in [-0.39, 0.29) is 10.6 Å². The second-order valence-corrected chi connectivity index (χ2v) is 8.66. The fourth-order valence-electron chi connectivity index (χ4n) is 2.61. The van der Waals surface area contributed by atoms with Crippen LogP contribution in [0.2, 0.25) is 0 Å². The number of hydrogen-bond donors (Lipinski definition) is 2. The quantitative estimate of drug-likeness (QED) is 0.592. The van der Waals surface area contributed by atoms with Crippen molar-refractivity contribution in [1.82, 2.24) is 14.5 Å². The predicted octanol–water partition coefficient (Wildman–Crippen LogP) is 1.92. The molecule has 3 aromatic rings. The Bertz CT molecular complexity index is 1180. The van der Waals surface area contributed by atoms with Crippen molar-refractivity contribution in [2.45, 2.75) is 11.8 Å². The molecule has 29 heavy (non-hydrogen) atoms. The van der Waals surface area contributed by atoms with Gasteiger partial charge in [-0.1, -0.05) is 24.3 Å². The fraction of sp³-hybridized carbons (Fsp3) is 0.211. The fourth-order valence-corrected chi connectivity index (χ4v) is 3.54. The van der Waals surface area contributed by atoms with Crippen molar-refractivity contribution in [1.29, 1.82) is 0 Å². The topological polar surface area (TPSA) is 121 Å². The van der Waals surface area contributed by atoms with Crippen LogP contribution in [0.25, 0.3) is 10.9 Å². The predicted molar refractivity (Wildman–Crippen MR) is 107 cm³/mol. The standard InChI is InChI=1S/C19H20N4O5S/c1-12-8-9-13(29(26,27)23(2)3)10-16(12)20-17(24)11-28-19(25)18-14-6-4-5-7-15(14)21-22-18/h4-10H,11H2,1-3H3,(H,20,24)(H,21,22). The number of fused-ring (bicyclic) bond motifs is 1. The first-order chi connectivity index (χ1) is 13.7. The van der Waals surface area contributed by atoms with Crippen LogP contribution in [0.15, 0.2) is 47.4 Å². The van der Waals surface area contributed by atoms with Crippen molar-refractivity contribution in [3.05, 3.63) is 53.7 Å². The molecule has 0 aliphatic rings. The van der Waals surface area contributed by atoms with E-state index in [2.05, 4.69) is 15.5 Å². The van der Waals surface area contributed by atoms with Crippen LogP contribution in [0, 0.1) is 6.92 Å². The number of carbonyl (C=O) groups is 2. The van der Waals surface area contributed by atoms with Crippen molar-refractivity contribution in [3.8, 4) is 0 Å². The summed E-state index contributed by atoms with van der Waals surface area (Å²) >= 11 is 0. The van der Waals surface area contributed by atoms with E-state index in [0.29, 0.717) is 22.2 Å². The Morgan fingerprint density at radius 1 is 1.17 bits per heavy atom. The van der Waals surface area contributed by atoms with Gasteiger partial charge in [-0.3, -0.25) is 9.89 Å². The molecular weight excluding hydrogens is 396 g/mol. The van der Waals surface area contributed by atoms with Gasteiger partial charge in [-0.15, -0.1) is 0 Å². The average molecular weight is 416 g/mol. The first kappa shape index (κ1) is 20.5. The highest BCUT2D eigenvalue weighted by Gasteiger charge is 2.20. The summed E-state index contributed by atoms with van der Waals surface area (Å²) in [6, 6.07) is 11.5. The number of esters is 1. The number of aryl methyl sites for hydroxylation is 1. The van der Waals surface area contributed by atoms with Gasteiger partial charge in [-0.05, 0) is 30.7 Å². The molecule has 0 aliphatic heterocycles. The molecule has 0 unspecified atom stereocenters. The number of rotatable bonds is 6. The number of benzene rings is 2. The highest BCUT2D eigenvalue weighted by molar-refractivity contribution is 7.89. The third kappa shape index (κ3) is 4.28. The van der Waals surface area contributed by atoms with Crippen LogP contribution in [0.4, 0.5) is 5.69 Å². The molecule has 1 aromatic heterocycles. The molecule has 1 amide bonds. The number of hydrogen-bond acceptors (Lipinski definition) is 6. The van der Waals surface area contributed by atoms with E-state index >= 15 is 0 Å². The lowest BCUT2D eigenvalue weighted by Crippen LogP contribution is -2.24.